The number of rotatable bonds is 1. The van der Waals surface area contributed by atoms with Crippen LogP contribution in [0.1, 0.15) is 11.1 Å². The van der Waals surface area contributed by atoms with Gasteiger partial charge in [0, 0.05) is 30.9 Å². The molecule has 0 unspecified atom stereocenters. The first-order valence-electron chi connectivity index (χ1n) is 10.7. The minimum atomic E-state index is 1.04. The second-order valence-electron chi connectivity index (χ2n) is 8.69. The maximum atomic E-state index is 3.49. The lowest BCUT2D eigenvalue weighted by Crippen LogP contribution is -2.07. The number of hydrogen-bond acceptors (Lipinski definition) is 1. The van der Waals surface area contributed by atoms with Crippen molar-refractivity contribution in [3.63, 3.8) is 0 Å². The molecule has 0 bridgehead atoms. The number of anilines is 1. The molecule has 0 amide bonds. The van der Waals surface area contributed by atoms with Gasteiger partial charge in [-0.2, -0.15) is 0 Å². The Bertz CT molecular complexity index is 1750. The summed E-state index contributed by atoms with van der Waals surface area (Å²) in [5, 5.41) is 13.5. The SMILES string of the molecule is CN(C)c1ccc(C#Cc2cc3ccc4ccc5ccc6ccc2c2c6c5c4c32)cc1. The van der Waals surface area contributed by atoms with E-state index in [0.717, 1.165) is 11.1 Å². The minimum Gasteiger partial charge on any atom is -0.378 e. The lowest BCUT2D eigenvalue weighted by atomic mass is 9.95. The van der Waals surface area contributed by atoms with Crippen LogP contribution in [0.4, 0.5) is 5.69 Å². The van der Waals surface area contributed by atoms with E-state index in [1.807, 2.05) is 0 Å². The Labute approximate surface area is 180 Å². The largest absolute Gasteiger partial charge is 0.378 e. The van der Waals surface area contributed by atoms with E-state index in [1.165, 1.54) is 59.5 Å². The van der Waals surface area contributed by atoms with Gasteiger partial charge < -0.3 is 4.90 Å². The molecule has 0 aliphatic carbocycles. The van der Waals surface area contributed by atoms with Crippen LogP contribution < -0.4 is 4.90 Å². The summed E-state index contributed by atoms with van der Waals surface area (Å²) in [6.07, 6.45) is 0. The van der Waals surface area contributed by atoms with Gasteiger partial charge in [0.05, 0.1) is 0 Å². The van der Waals surface area contributed by atoms with Crippen molar-refractivity contribution in [2.24, 2.45) is 0 Å². The van der Waals surface area contributed by atoms with Crippen molar-refractivity contribution >= 4 is 59.5 Å². The average Bonchev–Trinajstić information content (AvgIpc) is 3.17. The van der Waals surface area contributed by atoms with Gasteiger partial charge in [-0.3, -0.25) is 0 Å². The first kappa shape index (κ1) is 16.7. The predicted octanol–water partition coefficient (Wildman–Crippen LogP) is 7.23. The van der Waals surface area contributed by atoms with Crippen LogP contribution in [0.2, 0.25) is 0 Å². The quantitative estimate of drug-likeness (QED) is 0.210. The van der Waals surface area contributed by atoms with Crippen molar-refractivity contribution in [2.45, 2.75) is 0 Å². The van der Waals surface area contributed by atoms with E-state index < -0.39 is 0 Å². The summed E-state index contributed by atoms with van der Waals surface area (Å²) >= 11 is 0. The highest BCUT2D eigenvalue weighted by Crippen LogP contribution is 2.48. The zero-order valence-corrected chi connectivity index (χ0v) is 17.5. The molecular weight excluding hydrogens is 374 g/mol. The Kier molecular flexibility index (Phi) is 3.12. The highest BCUT2D eigenvalue weighted by molar-refractivity contribution is 6.44. The molecule has 0 saturated carbocycles. The molecule has 1 heteroatoms. The van der Waals surface area contributed by atoms with Crippen LogP contribution in [0.3, 0.4) is 0 Å². The first-order chi connectivity index (χ1) is 15.2. The molecule has 0 aromatic heterocycles. The summed E-state index contributed by atoms with van der Waals surface area (Å²) in [5.41, 5.74) is 3.32. The number of hydrogen-bond donors (Lipinski definition) is 0. The molecule has 0 N–H and O–H groups in total. The summed E-state index contributed by atoms with van der Waals surface area (Å²) < 4.78 is 0. The van der Waals surface area contributed by atoms with Crippen molar-refractivity contribution in [1.29, 1.82) is 0 Å². The van der Waals surface area contributed by atoms with Gasteiger partial charge in [-0.25, -0.2) is 0 Å². The third-order valence-corrected chi connectivity index (χ3v) is 6.75. The molecule has 7 aromatic rings. The molecule has 0 saturated heterocycles. The monoisotopic (exact) mass is 393 g/mol. The summed E-state index contributed by atoms with van der Waals surface area (Å²) in [4.78, 5) is 2.10. The summed E-state index contributed by atoms with van der Waals surface area (Å²) in [6, 6.07) is 28.8. The van der Waals surface area contributed by atoms with Crippen LogP contribution in [0.25, 0.3) is 53.9 Å². The maximum absolute atomic E-state index is 3.49. The van der Waals surface area contributed by atoms with Gasteiger partial charge >= 0.3 is 0 Å². The predicted molar refractivity (Wildman–Crippen MR) is 134 cm³/mol. The summed E-state index contributed by atoms with van der Waals surface area (Å²) in [6.45, 7) is 0. The Hall–Kier alpha value is -4.02. The molecule has 0 radical (unpaired) electrons. The zero-order chi connectivity index (χ0) is 20.7. The summed E-state index contributed by atoms with van der Waals surface area (Å²) in [5.74, 6) is 6.89. The molecule has 7 aromatic carbocycles. The van der Waals surface area contributed by atoms with Crippen LogP contribution in [0.5, 0.6) is 0 Å². The average molecular weight is 393 g/mol. The molecule has 7 rings (SSSR count). The van der Waals surface area contributed by atoms with E-state index in [-0.39, 0.29) is 0 Å². The highest BCUT2D eigenvalue weighted by Gasteiger charge is 2.20. The topological polar surface area (TPSA) is 3.24 Å². The standard InChI is InChI=1S/C30H19N/c1-31(2)24-14-4-18(5-15-24)3-6-22-17-23-12-11-20-8-7-19-9-10-21-13-16-25(22)30-28(21)26(19)27(20)29(23)30/h4-5,7-17H,1-2H3. The van der Waals surface area contributed by atoms with Gasteiger partial charge in [-0.15, -0.1) is 0 Å². The van der Waals surface area contributed by atoms with E-state index in [1.54, 1.807) is 0 Å². The van der Waals surface area contributed by atoms with Crippen LogP contribution in [0.15, 0.2) is 78.9 Å². The van der Waals surface area contributed by atoms with E-state index in [9.17, 15) is 0 Å². The third-order valence-electron chi connectivity index (χ3n) is 6.75. The van der Waals surface area contributed by atoms with Crippen molar-refractivity contribution in [3.8, 4) is 11.8 Å². The van der Waals surface area contributed by atoms with Gasteiger partial charge in [-0.1, -0.05) is 60.4 Å². The molecule has 0 aliphatic heterocycles. The lowest BCUT2D eigenvalue weighted by molar-refractivity contribution is 1.13. The molecule has 1 nitrogen and oxygen atoms in total. The van der Waals surface area contributed by atoms with Crippen molar-refractivity contribution in [1.82, 2.24) is 0 Å². The third kappa shape index (κ3) is 2.17. The lowest BCUT2D eigenvalue weighted by Gasteiger charge is -2.11. The fourth-order valence-corrected chi connectivity index (χ4v) is 5.26. The van der Waals surface area contributed by atoms with Crippen LogP contribution in [-0.2, 0) is 0 Å². The fourth-order valence-electron chi connectivity index (χ4n) is 5.26. The molecule has 0 spiro atoms. The van der Waals surface area contributed by atoms with Crippen molar-refractivity contribution in [3.05, 3.63) is 90.0 Å². The highest BCUT2D eigenvalue weighted by atomic mass is 15.1. The molecule has 0 fully saturated rings. The first-order valence-corrected chi connectivity index (χ1v) is 10.7. The van der Waals surface area contributed by atoms with E-state index >= 15 is 0 Å². The van der Waals surface area contributed by atoms with E-state index in [2.05, 4.69) is 110 Å². The van der Waals surface area contributed by atoms with Crippen LogP contribution in [0, 0.1) is 11.8 Å². The Balaban J connectivity index is 1.55. The van der Waals surface area contributed by atoms with Gasteiger partial charge in [-0.05, 0) is 84.2 Å². The minimum absolute atomic E-state index is 1.04. The second kappa shape index (κ2) is 5.78. The van der Waals surface area contributed by atoms with Crippen molar-refractivity contribution < 1.29 is 0 Å². The van der Waals surface area contributed by atoms with Crippen LogP contribution in [-0.4, -0.2) is 14.1 Å². The molecule has 0 aliphatic rings. The molecule has 0 atom stereocenters. The maximum Gasteiger partial charge on any atom is 0.0361 e. The Morgan fingerprint density at radius 2 is 1.03 bits per heavy atom. The smallest absolute Gasteiger partial charge is 0.0361 e. The molecular formula is C30H19N. The molecule has 144 valence electrons. The Morgan fingerprint density at radius 1 is 0.516 bits per heavy atom. The fraction of sp³-hybridized carbons (Fsp3) is 0.0667. The normalized spacial score (nSPS) is 11.9. The zero-order valence-electron chi connectivity index (χ0n) is 17.5. The van der Waals surface area contributed by atoms with E-state index in [4.69, 9.17) is 0 Å². The number of nitrogens with zero attached hydrogens (tertiary/aromatic N) is 1. The number of benzene rings is 6. The second-order valence-corrected chi connectivity index (χ2v) is 8.69. The van der Waals surface area contributed by atoms with E-state index in [0.29, 0.717) is 0 Å². The van der Waals surface area contributed by atoms with Crippen LogP contribution >= 0.6 is 0 Å². The Morgan fingerprint density at radius 3 is 1.65 bits per heavy atom. The summed E-state index contributed by atoms with van der Waals surface area (Å²) in [7, 11) is 4.11. The van der Waals surface area contributed by atoms with Gasteiger partial charge in [0.1, 0.15) is 0 Å². The van der Waals surface area contributed by atoms with Crippen molar-refractivity contribution in [2.75, 3.05) is 19.0 Å². The molecule has 0 heterocycles. The van der Waals surface area contributed by atoms with Gasteiger partial charge in [0.15, 0.2) is 0 Å². The van der Waals surface area contributed by atoms with Gasteiger partial charge in [0.2, 0.25) is 0 Å². The van der Waals surface area contributed by atoms with Gasteiger partial charge in [0.25, 0.3) is 0 Å². The molecule has 31 heavy (non-hydrogen) atoms.